The molecule has 128 valence electrons. The highest BCUT2D eigenvalue weighted by atomic mass is 35.5. The molecular formula is C17H21ClN4O2. The summed E-state index contributed by atoms with van der Waals surface area (Å²) in [5.41, 5.74) is 1.73. The standard InChI is InChI=1S/C17H21ClN4O2/c1-12-9-14(21-24-12)10-19-17(23)20-13-5-4-8-22(11-13)16-7-3-2-6-15(16)18/h2-3,6-7,9,13H,4-5,8,10-11H2,1H3,(H2,19,20,23). The zero-order chi connectivity index (χ0) is 16.9. The first-order valence-electron chi connectivity index (χ1n) is 8.08. The molecular weight excluding hydrogens is 328 g/mol. The molecule has 2 N–H and O–H groups in total. The van der Waals surface area contributed by atoms with Gasteiger partial charge in [-0.15, -0.1) is 0 Å². The smallest absolute Gasteiger partial charge is 0.315 e. The molecule has 0 saturated carbocycles. The zero-order valence-electron chi connectivity index (χ0n) is 13.6. The Bertz CT molecular complexity index is 703. The molecule has 2 aromatic rings. The number of carbonyl (C=O) groups is 1. The van der Waals surface area contributed by atoms with E-state index in [1.807, 2.05) is 31.2 Å². The molecule has 1 fully saturated rings. The van der Waals surface area contributed by atoms with Gasteiger partial charge in [0.1, 0.15) is 11.5 Å². The summed E-state index contributed by atoms with van der Waals surface area (Å²) in [6, 6.07) is 9.50. The molecule has 1 aromatic heterocycles. The number of carbonyl (C=O) groups excluding carboxylic acids is 1. The molecule has 3 rings (SSSR count). The second kappa shape index (κ2) is 7.57. The molecule has 7 heteroatoms. The lowest BCUT2D eigenvalue weighted by Gasteiger charge is -2.35. The minimum atomic E-state index is -0.193. The third-order valence-corrected chi connectivity index (χ3v) is 4.38. The highest BCUT2D eigenvalue weighted by molar-refractivity contribution is 6.33. The van der Waals surface area contributed by atoms with E-state index in [-0.39, 0.29) is 12.1 Å². The highest BCUT2D eigenvalue weighted by Gasteiger charge is 2.22. The third kappa shape index (κ3) is 4.20. The highest BCUT2D eigenvalue weighted by Crippen LogP contribution is 2.27. The number of nitrogens with one attached hydrogen (secondary N) is 2. The zero-order valence-corrected chi connectivity index (χ0v) is 14.3. The molecule has 6 nitrogen and oxygen atoms in total. The van der Waals surface area contributed by atoms with Gasteiger partial charge >= 0.3 is 6.03 Å². The number of aromatic nitrogens is 1. The van der Waals surface area contributed by atoms with Crippen molar-refractivity contribution in [3.05, 3.63) is 46.8 Å². The van der Waals surface area contributed by atoms with Crippen LogP contribution >= 0.6 is 11.6 Å². The van der Waals surface area contributed by atoms with Gasteiger partial charge in [-0.1, -0.05) is 28.9 Å². The van der Waals surface area contributed by atoms with Crippen LogP contribution in [0.4, 0.5) is 10.5 Å². The van der Waals surface area contributed by atoms with Crippen molar-refractivity contribution >= 4 is 23.3 Å². The fraction of sp³-hybridized carbons (Fsp3) is 0.412. The van der Waals surface area contributed by atoms with E-state index >= 15 is 0 Å². The number of para-hydroxylation sites is 1. The number of anilines is 1. The summed E-state index contributed by atoms with van der Waals surface area (Å²) in [7, 11) is 0. The first kappa shape index (κ1) is 16.6. The van der Waals surface area contributed by atoms with Crippen LogP contribution in [0.3, 0.4) is 0 Å². The third-order valence-electron chi connectivity index (χ3n) is 4.06. The number of rotatable bonds is 4. The van der Waals surface area contributed by atoms with E-state index in [1.165, 1.54) is 0 Å². The van der Waals surface area contributed by atoms with Crippen molar-refractivity contribution < 1.29 is 9.32 Å². The number of urea groups is 1. The lowest BCUT2D eigenvalue weighted by molar-refractivity contribution is 0.234. The molecule has 1 atom stereocenters. The monoisotopic (exact) mass is 348 g/mol. The number of nitrogens with zero attached hydrogens (tertiary/aromatic N) is 2. The first-order chi connectivity index (χ1) is 11.6. The van der Waals surface area contributed by atoms with Crippen LogP contribution in [-0.2, 0) is 6.54 Å². The van der Waals surface area contributed by atoms with Crippen LogP contribution in [0, 0.1) is 6.92 Å². The Morgan fingerprint density at radius 3 is 3.04 bits per heavy atom. The van der Waals surface area contributed by atoms with E-state index in [1.54, 1.807) is 6.07 Å². The number of halogens is 1. The van der Waals surface area contributed by atoms with Crippen LogP contribution in [0.1, 0.15) is 24.3 Å². The van der Waals surface area contributed by atoms with Crippen LogP contribution in [-0.4, -0.2) is 30.3 Å². The van der Waals surface area contributed by atoms with Gasteiger partial charge in [-0.3, -0.25) is 0 Å². The van der Waals surface area contributed by atoms with Crippen LogP contribution in [0.2, 0.25) is 5.02 Å². The Hall–Kier alpha value is -2.21. The number of hydrogen-bond donors (Lipinski definition) is 2. The average molecular weight is 349 g/mol. The quantitative estimate of drug-likeness (QED) is 0.890. The van der Waals surface area contributed by atoms with E-state index < -0.39 is 0 Å². The van der Waals surface area contributed by atoms with Gasteiger partial charge in [0.25, 0.3) is 0 Å². The molecule has 1 aromatic carbocycles. The van der Waals surface area contributed by atoms with Crippen molar-refractivity contribution in [1.29, 1.82) is 0 Å². The fourth-order valence-electron chi connectivity index (χ4n) is 2.93. The van der Waals surface area contributed by atoms with E-state index in [0.29, 0.717) is 12.2 Å². The summed E-state index contributed by atoms with van der Waals surface area (Å²) >= 11 is 6.27. The van der Waals surface area contributed by atoms with Gasteiger partial charge in [0.15, 0.2) is 0 Å². The molecule has 2 heterocycles. The summed E-state index contributed by atoms with van der Waals surface area (Å²) in [6.07, 6.45) is 1.97. The molecule has 0 aliphatic carbocycles. The lowest BCUT2D eigenvalue weighted by Crippen LogP contribution is -2.50. The van der Waals surface area contributed by atoms with E-state index in [0.717, 1.165) is 42.4 Å². The van der Waals surface area contributed by atoms with Gasteiger partial charge in [-0.25, -0.2) is 4.79 Å². The van der Waals surface area contributed by atoms with Crippen molar-refractivity contribution in [3.8, 4) is 0 Å². The van der Waals surface area contributed by atoms with Crippen molar-refractivity contribution in [1.82, 2.24) is 15.8 Å². The van der Waals surface area contributed by atoms with Gasteiger partial charge in [0, 0.05) is 25.2 Å². The number of piperidine rings is 1. The van der Waals surface area contributed by atoms with Crippen molar-refractivity contribution in [3.63, 3.8) is 0 Å². The molecule has 1 aliphatic heterocycles. The van der Waals surface area contributed by atoms with Crippen molar-refractivity contribution in [2.24, 2.45) is 0 Å². The maximum Gasteiger partial charge on any atom is 0.315 e. The second-order valence-corrected chi connectivity index (χ2v) is 6.40. The summed E-state index contributed by atoms with van der Waals surface area (Å²) in [5, 5.41) is 10.4. The summed E-state index contributed by atoms with van der Waals surface area (Å²) in [6.45, 7) is 3.87. The van der Waals surface area contributed by atoms with Crippen molar-refractivity contribution in [2.45, 2.75) is 32.4 Å². The maximum absolute atomic E-state index is 12.1. The Kier molecular flexibility index (Phi) is 5.25. The molecule has 1 saturated heterocycles. The average Bonchev–Trinajstić information content (AvgIpc) is 2.99. The summed E-state index contributed by atoms with van der Waals surface area (Å²) in [5.74, 6) is 0.731. The molecule has 0 spiro atoms. The van der Waals surface area contributed by atoms with E-state index in [2.05, 4.69) is 20.7 Å². The maximum atomic E-state index is 12.1. The van der Waals surface area contributed by atoms with Gasteiger partial charge in [0.2, 0.25) is 0 Å². The van der Waals surface area contributed by atoms with Crippen LogP contribution in [0.5, 0.6) is 0 Å². The summed E-state index contributed by atoms with van der Waals surface area (Å²) < 4.78 is 4.98. The topological polar surface area (TPSA) is 70.4 Å². The largest absolute Gasteiger partial charge is 0.368 e. The SMILES string of the molecule is Cc1cc(CNC(=O)NC2CCCN(c3ccccc3Cl)C2)no1. The van der Waals surface area contributed by atoms with Gasteiger partial charge in [-0.2, -0.15) is 0 Å². The number of benzene rings is 1. The molecule has 1 unspecified atom stereocenters. The van der Waals surface area contributed by atoms with Crippen LogP contribution in [0.15, 0.2) is 34.9 Å². The first-order valence-corrected chi connectivity index (χ1v) is 8.45. The molecule has 24 heavy (non-hydrogen) atoms. The molecule has 0 bridgehead atoms. The van der Waals surface area contributed by atoms with Crippen LogP contribution < -0.4 is 15.5 Å². The predicted octanol–water partition coefficient (Wildman–Crippen LogP) is 3.10. The normalized spacial score (nSPS) is 17.6. The molecule has 1 aliphatic rings. The van der Waals surface area contributed by atoms with E-state index in [9.17, 15) is 4.79 Å². The lowest BCUT2D eigenvalue weighted by atomic mass is 10.1. The Morgan fingerprint density at radius 2 is 2.29 bits per heavy atom. The second-order valence-electron chi connectivity index (χ2n) is 5.99. The number of amides is 2. The predicted molar refractivity (Wildman–Crippen MR) is 93.3 cm³/mol. The minimum Gasteiger partial charge on any atom is -0.368 e. The number of hydrogen-bond acceptors (Lipinski definition) is 4. The number of aryl methyl sites for hydroxylation is 1. The Morgan fingerprint density at radius 1 is 1.46 bits per heavy atom. The molecule has 2 amide bonds. The van der Waals surface area contributed by atoms with Crippen LogP contribution in [0.25, 0.3) is 0 Å². The van der Waals surface area contributed by atoms with Gasteiger partial charge in [0.05, 0.1) is 17.3 Å². The van der Waals surface area contributed by atoms with E-state index in [4.69, 9.17) is 16.1 Å². The fourth-order valence-corrected chi connectivity index (χ4v) is 3.19. The van der Waals surface area contributed by atoms with Crippen molar-refractivity contribution in [2.75, 3.05) is 18.0 Å². The Balaban J connectivity index is 1.51. The Labute approximate surface area is 146 Å². The minimum absolute atomic E-state index is 0.0917. The summed E-state index contributed by atoms with van der Waals surface area (Å²) in [4.78, 5) is 14.3. The molecule has 0 radical (unpaired) electrons. The van der Waals surface area contributed by atoms with Gasteiger partial charge in [-0.05, 0) is 31.9 Å². The van der Waals surface area contributed by atoms with Gasteiger partial charge < -0.3 is 20.1 Å².